The molecule has 3 aromatic rings. The Labute approximate surface area is 152 Å². The third kappa shape index (κ3) is 3.48. The van der Waals surface area contributed by atoms with Crippen molar-refractivity contribution in [1.82, 2.24) is 14.3 Å². The highest BCUT2D eigenvalue weighted by Crippen LogP contribution is 2.30. The van der Waals surface area contributed by atoms with Crippen LogP contribution >= 0.6 is 0 Å². The number of piperidine rings is 1. The van der Waals surface area contributed by atoms with Crippen LogP contribution in [-0.2, 0) is 11.2 Å². The number of aromatic nitrogens is 2. The van der Waals surface area contributed by atoms with Gasteiger partial charge in [0.25, 0.3) is 0 Å². The van der Waals surface area contributed by atoms with Crippen molar-refractivity contribution in [1.29, 1.82) is 0 Å². The van der Waals surface area contributed by atoms with Crippen molar-refractivity contribution in [3.05, 3.63) is 72.2 Å². The number of carbonyl (C=O) groups excluding carboxylic acids is 1. The molecule has 134 valence electrons. The third-order valence-corrected chi connectivity index (χ3v) is 5.23. The predicted octanol–water partition coefficient (Wildman–Crippen LogP) is 2.85. The molecule has 0 bridgehead atoms. The van der Waals surface area contributed by atoms with Crippen LogP contribution in [0, 0.1) is 5.92 Å². The summed E-state index contributed by atoms with van der Waals surface area (Å²) in [6.45, 7) is 1.39. The molecule has 1 unspecified atom stereocenters. The van der Waals surface area contributed by atoms with Crippen molar-refractivity contribution in [3.63, 3.8) is 0 Å². The van der Waals surface area contributed by atoms with Crippen molar-refractivity contribution in [2.24, 2.45) is 5.92 Å². The number of likely N-dealkylation sites (tertiary alicyclic amines) is 1. The summed E-state index contributed by atoms with van der Waals surface area (Å²) in [5.41, 5.74) is 2.62. The Kier molecular flexibility index (Phi) is 4.71. The number of aliphatic hydroxyl groups is 1. The molecule has 1 atom stereocenters. The summed E-state index contributed by atoms with van der Waals surface area (Å²) in [5, 5.41) is 10.6. The van der Waals surface area contributed by atoms with Crippen LogP contribution in [0.1, 0.15) is 30.2 Å². The first-order valence-corrected chi connectivity index (χ1v) is 9.14. The van der Waals surface area contributed by atoms with Crippen LogP contribution in [0.25, 0.3) is 5.65 Å². The van der Waals surface area contributed by atoms with Gasteiger partial charge in [0.15, 0.2) is 0 Å². The highest BCUT2D eigenvalue weighted by molar-refractivity contribution is 5.78. The number of benzene rings is 1. The van der Waals surface area contributed by atoms with Crippen LogP contribution in [0.4, 0.5) is 0 Å². The summed E-state index contributed by atoms with van der Waals surface area (Å²) in [5.74, 6) is 0.317. The zero-order valence-corrected chi connectivity index (χ0v) is 14.7. The van der Waals surface area contributed by atoms with Gasteiger partial charge in [-0.3, -0.25) is 4.79 Å². The molecule has 1 fully saturated rings. The quantitative estimate of drug-likeness (QED) is 0.788. The number of amides is 1. The smallest absolute Gasteiger partial charge is 0.228 e. The molecule has 3 heterocycles. The molecule has 1 aliphatic rings. The van der Waals surface area contributed by atoms with E-state index >= 15 is 0 Å². The summed E-state index contributed by atoms with van der Waals surface area (Å²) in [7, 11) is 0. The van der Waals surface area contributed by atoms with Gasteiger partial charge < -0.3 is 14.4 Å². The molecule has 2 aromatic heterocycles. The normalized spacial score (nSPS) is 16.7. The fourth-order valence-corrected chi connectivity index (χ4v) is 3.73. The van der Waals surface area contributed by atoms with Gasteiger partial charge in [-0.2, -0.15) is 0 Å². The molecule has 5 nitrogen and oxygen atoms in total. The second-order valence-electron chi connectivity index (χ2n) is 6.95. The number of fused-ring (bicyclic) bond motifs is 1. The second-order valence-corrected chi connectivity index (χ2v) is 6.95. The number of pyridine rings is 1. The largest absolute Gasteiger partial charge is 0.388 e. The van der Waals surface area contributed by atoms with Gasteiger partial charge >= 0.3 is 0 Å². The summed E-state index contributed by atoms with van der Waals surface area (Å²) in [4.78, 5) is 19.0. The van der Waals surface area contributed by atoms with E-state index < -0.39 is 6.10 Å². The molecule has 1 saturated heterocycles. The number of hydrogen-bond donors (Lipinski definition) is 1. The summed E-state index contributed by atoms with van der Waals surface area (Å²) in [6, 6.07) is 15.6. The minimum Gasteiger partial charge on any atom is -0.388 e. The van der Waals surface area contributed by atoms with E-state index in [2.05, 4.69) is 4.98 Å². The van der Waals surface area contributed by atoms with Crippen molar-refractivity contribution in [2.75, 3.05) is 13.1 Å². The Morgan fingerprint density at radius 3 is 2.58 bits per heavy atom. The number of imidazole rings is 1. The van der Waals surface area contributed by atoms with Gasteiger partial charge in [0.05, 0.1) is 18.2 Å². The lowest BCUT2D eigenvalue weighted by atomic mass is 9.87. The lowest BCUT2D eigenvalue weighted by Crippen LogP contribution is -2.40. The van der Waals surface area contributed by atoms with Gasteiger partial charge in [-0.05, 0) is 36.5 Å². The van der Waals surface area contributed by atoms with E-state index in [4.69, 9.17) is 0 Å². The maximum atomic E-state index is 12.6. The third-order valence-electron chi connectivity index (χ3n) is 5.23. The number of carbonyl (C=O) groups is 1. The molecule has 0 radical (unpaired) electrons. The maximum absolute atomic E-state index is 12.6. The van der Waals surface area contributed by atoms with Crippen LogP contribution in [0.15, 0.2) is 60.9 Å². The van der Waals surface area contributed by atoms with E-state index in [0.717, 1.165) is 29.7 Å². The van der Waals surface area contributed by atoms with E-state index in [-0.39, 0.29) is 11.8 Å². The molecule has 5 heteroatoms. The van der Waals surface area contributed by atoms with Crippen LogP contribution in [0.2, 0.25) is 0 Å². The molecule has 26 heavy (non-hydrogen) atoms. The second kappa shape index (κ2) is 7.30. The molecule has 1 aromatic carbocycles. The van der Waals surface area contributed by atoms with E-state index in [9.17, 15) is 9.90 Å². The van der Waals surface area contributed by atoms with Crippen LogP contribution < -0.4 is 0 Å². The Morgan fingerprint density at radius 1 is 1.12 bits per heavy atom. The zero-order valence-electron chi connectivity index (χ0n) is 14.7. The van der Waals surface area contributed by atoms with Crippen molar-refractivity contribution >= 4 is 11.6 Å². The Balaban J connectivity index is 1.34. The maximum Gasteiger partial charge on any atom is 0.228 e. The van der Waals surface area contributed by atoms with Crippen LogP contribution in [0.3, 0.4) is 0 Å². The van der Waals surface area contributed by atoms with Crippen LogP contribution in [0.5, 0.6) is 0 Å². The van der Waals surface area contributed by atoms with Crippen molar-refractivity contribution < 1.29 is 9.90 Å². The van der Waals surface area contributed by atoms with Gasteiger partial charge in [-0.15, -0.1) is 0 Å². The first-order chi connectivity index (χ1) is 12.7. The van der Waals surface area contributed by atoms with Crippen molar-refractivity contribution in [3.8, 4) is 0 Å². The van der Waals surface area contributed by atoms with E-state index in [0.29, 0.717) is 19.5 Å². The van der Waals surface area contributed by atoms with E-state index in [1.165, 1.54) is 0 Å². The van der Waals surface area contributed by atoms with Gasteiger partial charge in [0.2, 0.25) is 5.91 Å². The molecule has 0 saturated carbocycles. The Hall–Kier alpha value is -2.66. The molecule has 0 aliphatic carbocycles. The highest BCUT2D eigenvalue weighted by Gasteiger charge is 2.28. The first-order valence-electron chi connectivity index (χ1n) is 9.14. The average molecular weight is 349 g/mol. The van der Waals surface area contributed by atoms with E-state index in [1.54, 1.807) is 0 Å². The number of rotatable bonds is 4. The minimum absolute atomic E-state index is 0.112. The average Bonchev–Trinajstić information content (AvgIpc) is 3.10. The lowest BCUT2D eigenvalue weighted by Gasteiger charge is -2.34. The Morgan fingerprint density at radius 2 is 1.85 bits per heavy atom. The van der Waals surface area contributed by atoms with E-state index in [1.807, 2.05) is 70.2 Å². The van der Waals surface area contributed by atoms with Crippen LogP contribution in [-0.4, -0.2) is 38.4 Å². The van der Waals surface area contributed by atoms with Gasteiger partial charge in [0.1, 0.15) is 5.65 Å². The van der Waals surface area contributed by atoms with Gasteiger partial charge in [-0.1, -0.05) is 36.4 Å². The molecular weight excluding hydrogens is 326 g/mol. The monoisotopic (exact) mass is 349 g/mol. The lowest BCUT2D eigenvalue weighted by molar-refractivity contribution is -0.132. The summed E-state index contributed by atoms with van der Waals surface area (Å²) < 4.78 is 1.94. The minimum atomic E-state index is -0.452. The summed E-state index contributed by atoms with van der Waals surface area (Å²) in [6.07, 6.45) is 5.38. The predicted molar refractivity (Wildman–Crippen MR) is 99.6 cm³/mol. The molecule has 1 aliphatic heterocycles. The molecule has 1 amide bonds. The standard InChI is InChI=1S/C21H23N3O2/c25-20(14-18-15-24-11-5-4-8-19(24)22-18)23-12-9-17(10-13-23)21(26)16-6-2-1-3-7-16/h1-8,11,15,17,21,26H,9-10,12-14H2. The van der Waals surface area contributed by atoms with Crippen molar-refractivity contribution in [2.45, 2.75) is 25.4 Å². The molecule has 1 N–H and O–H groups in total. The molecular formula is C21H23N3O2. The van der Waals surface area contributed by atoms with Gasteiger partial charge in [-0.25, -0.2) is 4.98 Å². The number of aliphatic hydroxyl groups excluding tert-OH is 1. The highest BCUT2D eigenvalue weighted by atomic mass is 16.3. The number of hydrogen-bond acceptors (Lipinski definition) is 3. The fraction of sp³-hybridized carbons (Fsp3) is 0.333. The van der Waals surface area contributed by atoms with Gasteiger partial charge in [0, 0.05) is 25.5 Å². The number of nitrogens with zero attached hydrogens (tertiary/aromatic N) is 3. The molecule has 4 rings (SSSR count). The Bertz CT molecular complexity index is 849. The SMILES string of the molecule is O=C(Cc1cn2ccccc2n1)N1CCC(C(O)c2ccccc2)CC1. The first kappa shape index (κ1) is 16.8. The summed E-state index contributed by atoms with van der Waals surface area (Å²) >= 11 is 0. The fourth-order valence-electron chi connectivity index (χ4n) is 3.73. The zero-order chi connectivity index (χ0) is 17.9. The molecule has 0 spiro atoms. The topological polar surface area (TPSA) is 57.8 Å².